The molecule has 1 aromatic heterocycles. The van der Waals surface area contributed by atoms with Gasteiger partial charge >= 0.3 is 5.97 Å². The first-order valence-corrected chi connectivity index (χ1v) is 5.27. The van der Waals surface area contributed by atoms with Crippen LogP contribution in [0.15, 0.2) is 10.5 Å². The van der Waals surface area contributed by atoms with Gasteiger partial charge in [-0.1, -0.05) is 5.16 Å². The molecule has 0 fully saturated rings. The lowest BCUT2D eigenvalue weighted by Gasteiger charge is -1.99. The highest BCUT2D eigenvalue weighted by Crippen LogP contribution is 2.12. The van der Waals surface area contributed by atoms with Gasteiger partial charge in [-0.25, -0.2) is 9.78 Å². The Hall–Kier alpha value is -2.16. The van der Waals surface area contributed by atoms with E-state index in [1.807, 2.05) is 0 Å². The standard InChI is InChI=1S/C8H10N4O4S/c1-10-5(13)2-16-12-6(7(14)15)4-3-17-8(9)11-4/h3H,2H2,1H3,(H2,9,11)(H,10,13)(H,14,15). The zero-order valence-corrected chi connectivity index (χ0v) is 9.65. The van der Waals surface area contributed by atoms with E-state index < -0.39 is 17.6 Å². The number of carboxylic acids is 1. The van der Waals surface area contributed by atoms with Crippen molar-refractivity contribution < 1.29 is 19.5 Å². The number of hydrogen-bond donors (Lipinski definition) is 3. The number of carbonyl (C=O) groups excluding carboxylic acids is 1. The molecule has 92 valence electrons. The molecule has 1 aromatic rings. The molecule has 0 aromatic carbocycles. The minimum atomic E-state index is -1.31. The summed E-state index contributed by atoms with van der Waals surface area (Å²) in [7, 11) is 1.43. The first-order chi connectivity index (χ1) is 8.04. The highest BCUT2D eigenvalue weighted by atomic mass is 32.1. The summed E-state index contributed by atoms with van der Waals surface area (Å²) in [6.45, 7) is -0.368. The Bertz CT molecular complexity index is 456. The summed E-state index contributed by atoms with van der Waals surface area (Å²) < 4.78 is 0. The number of nitrogen functional groups attached to an aromatic ring is 1. The smallest absolute Gasteiger partial charge is 0.360 e. The first kappa shape index (κ1) is 12.9. The van der Waals surface area contributed by atoms with Crippen LogP contribution >= 0.6 is 11.3 Å². The number of carboxylic acid groups (broad SMARTS) is 1. The van der Waals surface area contributed by atoms with E-state index in [-0.39, 0.29) is 17.4 Å². The molecular weight excluding hydrogens is 248 g/mol. The van der Waals surface area contributed by atoms with Crippen LogP contribution in [0.3, 0.4) is 0 Å². The van der Waals surface area contributed by atoms with Gasteiger partial charge in [-0.2, -0.15) is 0 Å². The Labute approximate surface area is 100 Å². The second kappa shape index (κ2) is 5.80. The summed E-state index contributed by atoms with van der Waals surface area (Å²) in [4.78, 5) is 30.0. The van der Waals surface area contributed by atoms with E-state index >= 15 is 0 Å². The number of anilines is 1. The van der Waals surface area contributed by atoms with E-state index in [4.69, 9.17) is 10.8 Å². The van der Waals surface area contributed by atoms with Crippen molar-refractivity contribution in [1.82, 2.24) is 10.3 Å². The summed E-state index contributed by atoms with van der Waals surface area (Å²) in [5.41, 5.74) is 5.06. The number of hydrogen-bond acceptors (Lipinski definition) is 7. The van der Waals surface area contributed by atoms with Crippen LogP contribution in [0.25, 0.3) is 0 Å². The summed E-state index contributed by atoms with van der Waals surface area (Å²) >= 11 is 1.08. The van der Waals surface area contributed by atoms with Crippen LogP contribution in [-0.4, -0.2) is 41.3 Å². The lowest BCUT2D eigenvalue weighted by molar-refractivity contribution is -0.130. The normalized spacial score (nSPS) is 11.0. The third-order valence-corrected chi connectivity index (χ3v) is 2.27. The Morgan fingerprint density at radius 2 is 2.41 bits per heavy atom. The van der Waals surface area contributed by atoms with Gasteiger partial charge in [0.05, 0.1) is 0 Å². The molecule has 9 heteroatoms. The van der Waals surface area contributed by atoms with E-state index in [2.05, 4.69) is 20.3 Å². The van der Waals surface area contributed by atoms with Crippen molar-refractivity contribution in [2.24, 2.45) is 5.16 Å². The molecule has 1 amide bonds. The third kappa shape index (κ3) is 3.72. The Balaban J connectivity index is 2.76. The molecule has 1 rings (SSSR count). The van der Waals surface area contributed by atoms with Gasteiger partial charge in [0, 0.05) is 12.4 Å². The molecule has 0 radical (unpaired) electrons. The predicted octanol–water partition coefficient (Wildman–Crippen LogP) is -0.723. The van der Waals surface area contributed by atoms with Crippen molar-refractivity contribution in [2.75, 3.05) is 19.4 Å². The SMILES string of the molecule is CNC(=O)CON=C(C(=O)O)c1csc(N)n1. The van der Waals surface area contributed by atoms with Crippen LogP contribution in [0.5, 0.6) is 0 Å². The van der Waals surface area contributed by atoms with Gasteiger partial charge in [0.1, 0.15) is 5.69 Å². The van der Waals surface area contributed by atoms with Gasteiger partial charge in [0.25, 0.3) is 5.91 Å². The van der Waals surface area contributed by atoms with Crippen molar-refractivity contribution in [3.63, 3.8) is 0 Å². The van der Waals surface area contributed by atoms with E-state index in [0.717, 1.165) is 11.3 Å². The largest absolute Gasteiger partial charge is 0.476 e. The monoisotopic (exact) mass is 258 g/mol. The number of nitrogens with one attached hydrogen (secondary N) is 1. The van der Waals surface area contributed by atoms with Crippen LogP contribution in [0.1, 0.15) is 5.69 Å². The Morgan fingerprint density at radius 3 is 2.88 bits per heavy atom. The maximum atomic E-state index is 10.9. The predicted molar refractivity (Wildman–Crippen MR) is 60.7 cm³/mol. The van der Waals surface area contributed by atoms with Crippen molar-refractivity contribution in [2.45, 2.75) is 0 Å². The molecule has 1 heterocycles. The minimum Gasteiger partial charge on any atom is -0.476 e. The molecule has 17 heavy (non-hydrogen) atoms. The average molecular weight is 258 g/mol. The van der Waals surface area contributed by atoms with Crippen LogP contribution < -0.4 is 11.1 Å². The summed E-state index contributed by atoms with van der Waals surface area (Å²) in [6, 6.07) is 0. The molecular formula is C8H10N4O4S. The average Bonchev–Trinajstić information content (AvgIpc) is 2.70. The van der Waals surface area contributed by atoms with Crippen molar-refractivity contribution in [3.05, 3.63) is 11.1 Å². The molecule has 0 atom stereocenters. The van der Waals surface area contributed by atoms with Gasteiger partial charge in [0.2, 0.25) is 5.71 Å². The minimum absolute atomic E-state index is 0.0944. The molecule has 0 aliphatic carbocycles. The topological polar surface area (TPSA) is 127 Å². The summed E-state index contributed by atoms with van der Waals surface area (Å²) in [5, 5.41) is 16.2. The van der Waals surface area contributed by atoms with Crippen molar-refractivity contribution in [3.8, 4) is 0 Å². The molecule has 0 aliphatic heterocycles. The molecule has 0 unspecified atom stereocenters. The third-order valence-electron chi connectivity index (χ3n) is 1.60. The van der Waals surface area contributed by atoms with Gasteiger partial charge in [-0.3, -0.25) is 4.79 Å². The molecule has 8 nitrogen and oxygen atoms in total. The van der Waals surface area contributed by atoms with Gasteiger partial charge in [-0.05, 0) is 0 Å². The fourth-order valence-corrected chi connectivity index (χ4v) is 1.37. The number of nitrogens with zero attached hydrogens (tertiary/aromatic N) is 2. The molecule has 0 spiro atoms. The number of thiazole rings is 1. The molecule has 0 saturated carbocycles. The van der Waals surface area contributed by atoms with Crippen LogP contribution in [0.4, 0.5) is 5.13 Å². The van der Waals surface area contributed by atoms with Crippen LogP contribution in [0, 0.1) is 0 Å². The second-order valence-corrected chi connectivity index (χ2v) is 3.65. The van der Waals surface area contributed by atoms with Crippen molar-refractivity contribution in [1.29, 1.82) is 0 Å². The van der Waals surface area contributed by atoms with Gasteiger partial charge in [0.15, 0.2) is 11.7 Å². The number of rotatable bonds is 5. The quantitative estimate of drug-likeness (QED) is 0.472. The second-order valence-electron chi connectivity index (χ2n) is 2.76. The maximum Gasteiger partial charge on any atom is 0.360 e. The summed E-state index contributed by atoms with van der Waals surface area (Å²) in [5.74, 6) is -1.73. The van der Waals surface area contributed by atoms with E-state index in [9.17, 15) is 9.59 Å². The highest BCUT2D eigenvalue weighted by molar-refractivity contribution is 7.13. The molecule has 0 saturated heterocycles. The van der Waals surface area contributed by atoms with E-state index in [1.54, 1.807) is 0 Å². The maximum absolute atomic E-state index is 10.9. The Morgan fingerprint density at radius 1 is 1.71 bits per heavy atom. The van der Waals surface area contributed by atoms with Gasteiger partial charge in [-0.15, -0.1) is 11.3 Å². The van der Waals surface area contributed by atoms with Gasteiger partial charge < -0.3 is 21.0 Å². The van der Waals surface area contributed by atoms with E-state index in [0.29, 0.717) is 0 Å². The molecule has 4 N–H and O–H groups in total. The zero-order valence-electron chi connectivity index (χ0n) is 8.84. The lowest BCUT2D eigenvalue weighted by Crippen LogP contribution is -2.23. The number of aliphatic carboxylic acids is 1. The zero-order chi connectivity index (χ0) is 12.8. The van der Waals surface area contributed by atoms with Crippen LogP contribution in [-0.2, 0) is 14.4 Å². The Kier molecular flexibility index (Phi) is 4.40. The summed E-state index contributed by atoms with van der Waals surface area (Å²) in [6.07, 6.45) is 0. The fraction of sp³-hybridized carbons (Fsp3) is 0.250. The van der Waals surface area contributed by atoms with E-state index in [1.165, 1.54) is 12.4 Å². The number of oxime groups is 1. The fourth-order valence-electron chi connectivity index (χ4n) is 0.819. The molecule has 0 bridgehead atoms. The first-order valence-electron chi connectivity index (χ1n) is 4.39. The number of amides is 1. The number of likely N-dealkylation sites (N-methyl/N-ethyl adjacent to an activating group) is 1. The van der Waals surface area contributed by atoms with Crippen LogP contribution in [0.2, 0.25) is 0 Å². The number of aromatic nitrogens is 1. The molecule has 0 aliphatic rings. The highest BCUT2D eigenvalue weighted by Gasteiger charge is 2.17. The number of carbonyl (C=O) groups is 2. The lowest BCUT2D eigenvalue weighted by atomic mass is 10.3. The number of nitrogens with two attached hydrogens (primary N) is 1. The van der Waals surface area contributed by atoms with Crippen molar-refractivity contribution >= 4 is 34.1 Å².